The quantitative estimate of drug-likeness (QED) is 0.707. The molecule has 0 atom stereocenters. The summed E-state index contributed by atoms with van der Waals surface area (Å²) in [6, 6.07) is 13.7. The number of aromatic nitrogens is 2. The molecule has 1 aliphatic rings. The fourth-order valence-electron chi connectivity index (χ4n) is 3.53. The number of anilines is 1. The number of nitrogens with zero attached hydrogens (tertiary/aromatic N) is 3. The van der Waals surface area contributed by atoms with Crippen molar-refractivity contribution in [3.8, 4) is 0 Å². The fraction of sp³-hybridized carbons (Fsp3) is 0.286. The Morgan fingerprint density at radius 3 is 2.61 bits per heavy atom. The number of aromatic amines is 1. The molecule has 144 valence electrons. The molecule has 7 nitrogen and oxygen atoms in total. The number of fused-ring (bicyclic) bond motifs is 1. The van der Waals surface area contributed by atoms with Gasteiger partial charge in [0.05, 0.1) is 13.0 Å². The smallest absolute Gasteiger partial charge is 0.242 e. The van der Waals surface area contributed by atoms with Crippen LogP contribution in [0.25, 0.3) is 10.9 Å². The van der Waals surface area contributed by atoms with Gasteiger partial charge in [-0.1, -0.05) is 24.3 Å². The van der Waals surface area contributed by atoms with Gasteiger partial charge in [-0.2, -0.15) is 0 Å². The highest BCUT2D eigenvalue weighted by Gasteiger charge is 2.22. The topological polar surface area (TPSA) is 81.3 Å². The number of hydrogen-bond donors (Lipinski definition) is 2. The molecule has 3 aromatic rings. The van der Waals surface area contributed by atoms with Gasteiger partial charge in [0.1, 0.15) is 5.82 Å². The summed E-state index contributed by atoms with van der Waals surface area (Å²) in [6.45, 7) is 2.78. The van der Waals surface area contributed by atoms with E-state index in [1.165, 1.54) is 0 Å². The van der Waals surface area contributed by atoms with Gasteiger partial charge in [0.2, 0.25) is 11.8 Å². The van der Waals surface area contributed by atoms with Crippen LogP contribution in [0.15, 0.2) is 54.9 Å². The molecular formula is C21H23N5O2. The number of rotatable bonds is 5. The first kappa shape index (κ1) is 18.0. The number of H-pyrrole nitrogens is 1. The molecule has 0 saturated carbocycles. The Morgan fingerprint density at radius 1 is 1.04 bits per heavy atom. The molecule has 1 saturated heterocycles. The normalized spacial score (nSPS) is 14.3. The maximum Gasteiger partial charge on any atom is 0.242 e. The van der Waals surface area contributed by atoms with E-state index in [1.54, 1.807) is 11.1 Å². The van der Waals surface area contributed by atoms with Gasteiger partial charge < -0.3 is 20.1 Å². The number of carbonyl (C=O) groups excluding carboxylic acids is 2. The molecule has 0 unspecified atom stereocenters. The first-order valence-corrected chi connectivity index (χ1v) is 9.46. The Morgan fingerprint density at radius 2 is 1.82 bits per heavy atom. The van der Waals surface area contributed by atoms with Crippen LogP contribution in [-0.2, 0) is 16.0 Å². The molecule has 7 heteroatoms. The van der Waals surface area contributed by atoms with Gasteiger partial charge in [0.15, 0.2) is 0 Å². The highest BCUT2D eigenvalue weighted by molar-refractivity contribution is 5.90. The number of piperazine rings is 1. The molecule has 0 aliphatic carbocycles. The van der Waals surface area contributed by atoms with E-state index in [1.807, 2.05) is 48.7 Å². The van der Waals surface area contributed by atoms with Gasteiger partial charge in [-0.15, -0.1) is 0 Å². The highest BCUT2D eigenvalue weighted by atomic mass is 16.2. The SMILES string of the molecule is O=C(Cc1c[nH]c2ccccc12)NCC(=O)N1CCN(c2ccccn2)CC1. The van der Waals surface area contributed by atoms with Gasteiger partial charge in [-0.25, -0.2) is 4.98 Å². The van der Waals surface area contributed by atoms with Crippen molar-refractivity contribution in [3.05, 3.63) is 60.4 Å². The third-order valence-electron chi connectivity index (χ3n) is 5.07. The van der Waals surface area contributed by atoms with E-state index >= 15 is 0 Å². The zero-order chi connectivity index (χ0) is 19.3. The van der Waals surface area contributed by atoms with Crippen molar-refractivity contribution in [1.29, 1.82) is 0 Å². The first-order valence-electron chi connectivity index (χ1n) is 9.46. The minimum Gasteiger partial charge on any atom is -0.361 e. The summed E-state index contributed by atoms with van der Waals surface area (Å²) >= 11 is 0. The van der Waals surface area contributed by atoms with Crippen LogP contribution in [0, 0.1) is 0 Å². The van der Waals surface area contributed by atoms with E-state index in [2.05, 4.69) is 20.2 Å². The summed E-state index contributed by atoms with van der Waals surface area (Å²) < 4.78 is 0. The Balaban J connectivity index is 1.25. The van der Waals surface area contributed by atoms with Crippen LogP contribution in [0.2, 0.25) is 0 Å². The van der Waals surface area contributed by atoms with Crippen molar-refractivity contribution in [2.24, 2.45) is 0 Å². The minimum atomic E-state index is -0.148. The van der Waals surface area contributed by atoms with E-state index in [9.17, 15) is 9.59 Å². The summed E-state index contributed by atoms with van der Waals surface area (Å²) in [5.74, 6) is 0.736. The van der Waals surface area contributed by atoms with Gasteiger partial charge in [-0.3, -0.25) is 9.59 Å². The number of carbonyl (C=O) groups is 2. The summed E-state index contributed by atoms with van der Waals surface area (Å²) in [6.07, 6.45) is 3.88. The van der Waals surface area contributed by atoms with Gasteiger partial charge in [0.25, 0.3) is 0 Å². The Kier molecular flexibility index (Phi) is 5.23. The summed E-state index contributed by atoms with van der Waals surface area (Å²) in [4.78, 5) is 36.2. The van der Waals surface area contributed by atoms with E-state index in [4.69, 9.17) is 0 Å². The average Bonchev–Trinajstić information content (AvgIpc) is 3.15. The van der Waals surface area contributed by atoms with Crippen LogP contribution in [0.1, 0.15) is 5.56 Å². The molecule has 3 heterocycles. The zero-order valence-corrected chi connectivity index (χ0v) is 15.6. The summed E-state index contributed by atoms with van der Waals surface area (Å²) in [5, 5.41) is 3.79. The Bertz CT molecular complexity index is 961. The molecule has 0 spiro atoms. The van der Waals surface area contributed by atoms with Crippen LogP contribution in [0.4, 0.5) is 5.82 Å². The average molecular weight is 377 g/mol. The lowest BCUT2D eigenvalue weighted by atomic mass is 10.1. The standard InChI is InChI=1S/C21H23N5O2/c27-20(13-16-14-23-18-6-2-1-5-17(16)18)24-15-21(28)26-11-9-25(10-12-26)19-7-3-4-8-22-19/h1-8,14,23H,9-13,15H2,(H,24,27). The van der Waals surface area contributed by atoms with Gasteiger partial charge >= 0.3 is 0 Å². The largest absolute Gasteiger partial charge is 0.361 e. The summed E-state index contributed by atoms with van der Waals surface area (Å²) in [5.41, 5.74) is 1.94. The molecule has 2 N–H and O–H groups in total. The number of hydrogen-bond acceptors (Lipinski definition) is 4. The lowest BCUT2D eigenvalue weighted by Gasteiger charge is -2.35. The molecule has 1 fully saturated rings. The van der Waals surface area contributed by atoms with Crippen LogP contribution in [0.5, 0.6) is 0 Å². The monoisotopic (exact) mass is 377 g/mol. The second kappa shape index (κ2) is 8.12. The third-order valence-corrected chi connectivity index (χ3v) is 5.07. The minimum absolute atomic E-state index is 0.0325. The number of benzene rings is 1. The van der Waals surface area contributed by atoms with Crippen LogP contribution in [-0.4, -0.2) is 59.4 Å². The van der Waals surface area contributed by atoms with Crippen molar-refractivity contribution in [3.63, 3.8) is 0 Å². The first-order chi connectivity index (χ1) is 13.7. The number of nitrogens with one attached hydrogen (secondary N) is 2. The lowest BCUT2D eigenvalue weighted by Crippen LogP contribution is -2.51. The van der Waals surface area contributed by atoms with Crippen LogP contribution < -0.4 is 10.2 Å². The van der Waals surface area contributed by atoms with Gasteiger partial charge in [0, 0.05) is 49.5 Å². The molecule has 4 rings (SSSR count). The number of para-hydroxylation sites is 1. The lowest BCUT2D eigenvalue weighted by molar-refractivity contribution is -0.133. The predicted octanol–water partition coefficient (Wildman–Crippen LogP) is 1.57. The number of amides is 2. The van der Waals surface area contributed by atoms with Crippen LogP contribution in [0.3, 0.4) is 0 Å². The van der Waals surface area contributed by atoms with Crippen molar-refractivity contribution >= 4 is 28.5 Å². The molecule has 2 amide bonds. The molecule has 1 aromatic carbocycles. The highest BCUT2D eigenvalue weighted by Crippen LogP contribution is 2.18. The molecule has 0 radical (unpaired) electrons. The summed E-state index contributed by atoms with van der Waals surface area (Å²) in [7, 11) is 0. The molecule has 1 aliphatic heterocycles. The van der Waals surface area contributed by atoms with Crippen molar-refractivity contribution in [2.45, 2.75) is 6.42 Å². The number of pyridine rings is 1. The fourth-order valence-corrected chi connectivity index (χ4v) is 3.53. The predicted molar refractivity (Wildman–Crippen MR) is 108 cm³/mol. The second-order valence-electron chi connectivity index (χ2n) is 6.87. The van der Waals surface area contributed by atoms with E-state index in [-0.39, 0.29) is 24.8 Å². The molecule has 2 aromatic heterocycles. The van der Waals surface area contributed by atoms with E-state index in [0.717, 1.165) is 35.4 Å². The van der Waals surface area contributed by atoms with Crippen molar-refractivity contribution in [2.75, 3.05) is 37.6 Å². The Hall–Kier alpha value is -3.35. The van der Waals surface area contributed by atoms with E-state index < -0.39 is 0 Å². The molecule has 0 bridgehead atoms. The second-order valence-corrected chi connectivity index (χ2v) is 6.87. The molecule has 28 heavy (non-hydrogen) atoms. The van der Waals surface area contributed by atoms with Crippen LogP contribution >= 0.6 is 0 Å². The zero-order valence-electron chi connectivity index (χ0n) is 15.6. The third kappa shape index (κ3) is 3.98. The van der Waals surface area contributed by atoms with E-state index in [0.29, 0.717) is 13.1 Å². The van der Waals surface area contributed by atoms with Crippen molar-refractivity contribution < 1.29 is 9.59 Å². The van der Waals surface area contributed by atoms with Gasteiger partial charge in [-0.05, 0) is 23.8 Å². The Labute approximate surface area is 163 Å². The molecular weight excluding hydrogens is 354 g/mol. The maximum absolute atomic E-state index is 12.4. The maximum atomic E-state index is 12.4. The van der Waals surface area contributed by atoms with Crippen molar-refractivity contribution in [1.82, 2.24) is 20.2 Å².